The summed E-state index contributed by atoms with van der Waals surface area (Å²) >= 11 is 0. The molecule has 4 rings (SSSR count). The lowest BCUT2D eigenvalue weighted by Crippen LogP contribution is -2.52. The Morgan fingerprint density at radius 2 is 1.69 bits per heavy atom. The van der Waals surface area contributed by atoms with Crippen molar-refractivity contribution < 1.29 is 4.79 Å². The molecule has 0 unspecified atom stereocenters. The van der Waals surface area contributed by atoms with Crippen LogP contribution in [0.2, 0.25) is 0 Å². The van der Waals surface area contributed by atoms with Gasteiger partial charge in [0.05, 0.1) is 5.92 Å². The van der Waals surface area contributed by atoms with E-state index in [1.165, 1.54) is 4.90 Å². The Bertz CT molecular complexity index is 1080. The monoisotopic (exact) mass is 380 g/mol. The van der Waals surface area contributed by atoms with Crippen molar-refractivity contribution >= 4 is 25.3 Å². The second-order valence-corrected chi connectivity index (χ2v) is 7.41. The SMILES string of the molecule is [B]c1cc([C@@]2(C)N=C(N)N(C)C(=O)[C@H]2c2ccc(-c3ccccc3)cc2)ccn1. The summed E-state index contributed by atoms with van der Waals surface area (Å²) in [4.78, 5) is 23.5. The third kappa shape index (κ3) is 3.31. The number of nitrogens with two attached hydrogens (primary N) is 1. The molecule has 1 aliphatic rings. The number of amides is 1. The van der Waals surface area contributed by atoms with Crippen LogP contribution in [0, 0.1) is 0 Å². The number of guanidine groups is 1. The van der Waals surface area contributed by atoms with Gasteiger partial charge in [0.1, 0.15) is 13.4 Å². The third-order valence-corrected chi connectivity index (χ3v) is 5.55. The molecule has 2 radical (unpaired) electrons. The first-order valence-corrected chi connectivity index (χ1v) is 9.40. The van der Waals surface area contributed by atoms with Crippen LogP contribution in [0.5, 0.6) is 0 Å². The first kappa shape index (κ1) is 18.9. The van der Waals surface area contributed by atoms with E-state index in [0.717, 1.165) is 22.3 Å². The van der Waals surface area contributed by atoms with Crippen LogP contribution in [0.3, 0.4) is 0 Å². The minimum atomic E-state index is -0.890. The number of carbonyl (C=O) groups excluding carboxylic acids is 1. The van der Waals surface area contributed by atoms with Gasteiger partial charge in [-0.15, -0.1) is 0 Å². The molecule has 5 nitrogen and oxygen atoms in total. The van der Waals surface area contributed by atoms with Crippen LogP contribution in [0.25, 0.3) is 11.1 Å². The molecule has 2 heterocycles. The van der Waals surface area contributed by atoms with E-state index in [1.807, 2.05) is 55.5 Å². The second kappa shape index (κ2) is 7.20. The Labute approximate surface area is 171 Å². The number of hydrogen-bond acceptors (Lipinski definition) is 4. The van der Waals surface area contributed by atoms with Crippen molar-refractivity contribution in [2.75, 3.05) is 7.05 Å². The van der Waals surface area contributed by atoms with Crippen LogP contribution in [-0.4, -0.2) is 36.6 Å². The minimum Gasteiger partial charge on any atom is -0.369 e. The largest absolute Gasteiger partial charge is 0.369 e. The lowest BCUT2D eigenvalue weighted by Gasteiger charge is -2.41. The molecule has 2 N–H and O–H groups in total. The standard InChI is InChI=1S/C23H21BN4O/c1-23(18-12-13-26-19(24)14-18)20(21(29)28(2)22(25)27-23)17-10-8-16(9-11-17)15-6-4-3-5-7-15/h3-14,20H,1-2H3,(H2,25,27)/t20-,23-/m1/s1. The van der Waals surface area contributed by atoms with Crippen LogP contribution >= 0.6 is 0 Å². The summed E-state index contributed by atoms with van der Waals surface area (Å²) in [6, 6.07) is 21.7. The van der Waals surface area contributed by atoms with Crippen LogP contribution in [0.4, 0.5) is 0 Å². The maximum absolute atomic E-state index is 13.3. The first-order valence-electron chi connectivity index (χ1n) is 9.40. The average molecular weight is 380 g/mol. The number of aromatic nitrogens is 1. The minimum absolute atomic E-state index is 0.108. The van der Waals surface area contributed by atoms with E-state index in [9.17, 15) is 4.79 Å². The fraction of sp³-hybridized carbons (Fsp3) is 0.174. The van der Waals surface area contributed by atoms with Gasteiger partial charge in [0.25, 0.3) is 0 Å². The molecule has 0 bridgehead atoms. The van der Waals surface area contributed by atoms with Crippen LogP contribution in [-0.2, 0) is 10.3 Å². The lowest BCUT2D eigenvalue weighted by atomic mass is 9.74. The molecule has 3 aromatic rings. The Hall–Kier alpha value is -3.41. The van der Waals surface area contributed by atoms with Crippen LogP contribution in [0.1, 0.15) is 24.0 Å². The van der Waals surface area contributed by atoms with Crippen molar-refractivity contribution in [2.24, 2.45) is 10.7 Å². The van der Waals surface area contributed by atoms with Crippen molar-refractivity contribution in [3.63, 3.8) is 0 Å². The van der Waals surface area contributed by atoms with Gasteiger partial charge >= 0.3 is 0 Å². The maximum Gasteiger partial charge on any atom is 0.239 e. The zero-order chi connectivity index (χ0) is 20.6. The van der Waals surface area contributed by atoms with Crippen molar-refractivity contribution in [3.05, 3.63) is 84.1 Å². The first-order chi connectivity index (χ1) is 13.9. The van der Waals surface area contributed by atoms with E-state index in [4.69, 9.17) is 18.6 Å². The summed E-state index contributed by atoms with van der Waals surface area (Å²) in [7, 11) is 7.55. The number of benzene rings is 2. The fourth-order valence-corrected chi connectivity index (χ4v) is 3.88. The van der Waals surface area contributed by atoms with Gasteiger partial charge in [0.15, 0.2) is 5.96 Å². The molecule has 0 saturated carbocycles. The molecular formula is C23H21BN4O. The van der Waals surface area contributed by atoms with Crippen molar-refractivity contribution in [1.82, 2.24) is 9.88 Å². The fourth-order valence-electron chi connectivity index (χ4n) is 3.88. The second-order valence-electron chi connectivity index (χ2n) is 7.41. The highest BCUT2D eigenvalue weighted by Crippen LogP contribution is 2.43. The molecule has 1 amide bonds. The smallest absolute Gasteiger partial charge is 0.239 e. The summed E-state index contributed by atoms with van der Waals surface area (Å²) in [5, 5.41) is 0. The van der Waals surface area contributed by atoms with Crippen molar-refractivity contribution in [3.8, 4) is 11.1 Å². The van der Waals surface area contributed by atoms with E-state index in [1.54, 1.807) is 19.3 Å². The molecule has 0 spiro atoms. The summed E-state index contributed by atoms with van der Waals surface area (Å²) < 4.78 is 0. The van der Waals surface area contributed by atoms with Gasteiger partial charge < -0.3 is 5.73 Å². The predicted octanol–water partition coefficient (Wildman–Crippen LogP) is 2.33. The Kier molecular flexibility index (Phi) is 4.70. The zero-order valence-corrected chi connectivity index (χ0v) is 16.4. The Morgan fingerprint density at radius 3 is 2.34 bits per heavy atom. The Balaban J connectivity index is 1.82. The topological polar surface area (TPSA) is 71.6 Å². The molecule has 2 aromatic carbocycles. The maximum atomic E-state index is 13.3. The number of carbonyl (C=O) groups is 1. The molecule has 0 fully saturated rings. The van der Waals surface area contributed by atoms with Crippen molar-refractivity contribution in [1.29, 1.82) is 0 Å². The predicted molar refractivity (Wildman–Crippen MR) is 116 cm³/mol. The Morgan fingerprint density at radius 1 is 1.03 bits per heavy atom. The summed E-state index contributed by atoms with van der Waals surface area (Å²) in [6.07, 6.45) is 1.62. The summed E-state index contributed by atoms with van der Waals surface area (Å²) in [5.74, 6) is -0.459. The average Bonchev–Trinajstić information content (AvgIpc) is 2.73. The third-order valence-electron chi connectivity index (χ3n) is 5.55. The van der Waals surface area contributed by atoms with E-state index in [0.29, 0.717) is 5.59 Å². The molecule has 1 aliphatic heterocycles. The summed E-state index contributed by atoms with van der Waals surface area (Å²) in [5.41, 5.74) is 9.43. The molecular weight excluding hydrogens is 359 g/mol. The number of aliphatic imine (C=N–C) groups is 1. The summed E-state index contributed by atoms with van der Waals surface area (Å²) in [6.45, 7) is 1.91. The number of likely N-dealkylation sites (N-methyl/N-ethyl adjacent to an activating group) is 1. The molecule has 29 heavy (non-hydrogen) atoms. The van der Waals surface area contributed by atoms with E-state index < -0.39 is 11.5 Å². The number of pyridine rings is 1. The van der Waals surface area contributed by atoms with Crippen LogP contribution in [0.15, 0.2) is 77.9 Å². The number of hydrogen-bond donors (Lipinski definition) is 1. The molecule has 2 atom stereocenters. The van der Waals surface area contributed by atoms with E-state index >= 15 is 0 Å². The quantitative estimate of drug-likeness (QED) is 0.709. The normalized spacial score (nSPS) is 21.7. The van der Waals surface area contributed by atoms with E-state index in [2.05, 4.69) is 17.1 Å². The highest BCUT2D eigenvalue weighted by atomic mass is 16.2. The molecule has 0 aliphatic carbocycles. The van der Waals surface area contributed by atoms with E-state index in [-0.39, 0.29) is 11.9 Å². The highest BCUT2D eigenvalue weighted by Gasteiger charge is 2.47. The van der Waals surface area contributed by atoms with Gasteiger partial charge in [-0.25, -0.2) is 4.99 Å². The van der Waals surface area contributed by atoms with Gasteiger partial charge in [0.2, 0.25) is 5.91 Å². The highest BCUT2D eigenvalue weighted by molar-refractivity contribution is 6.30. The van der Waals surface area contributed by atoms with Crippen LogP contribution < -0.4 is 11.3 Å². The molecule has 142 valence electrons. The van der Waals surface area contributed by atoms with Gasteiger partial charge in [-0.2, -0.15) is 0 Å². The molecule has 1 aromatic heterocycles. The van der Waals surface area contributed by atoms with Gasteiger partial charge in [-0.1, -0.05) is 54.6 Å². The number of nitrogens with zero attached hydrogens (tertiary/aromatic N) is 3. The number of rotatable bonds is 3. The van der Waals surface area contributed by atoms with Gasteiger partial charge in [0, 0.05) is 13.2 Å². The van der Waals surface area contributed by atoms with Gasteiger partial charge in [-0.3, -0.25) is 14.7 Å². The van der Waals surface area contributed by atoms with Gasteiger partial charge in [-0.05, 0) is 46.9 Å². The molecule has 6 heteroatoms. The lowest BCUT2D eigenvalue weighted by molar-refractivity contribution is -0.130. The zero-order valence-electron chi connectivity index (χ0n) is 16.4. The molecule has 0 saturated heterocycles. The van der Waals surface area contributed by atoms with Crippen molar-refractivity contribution in [2.45, 2.75) is 18.4 Å².